The molecule has 5 heteroatoms. The summed E-state index contributed by atoms with van der Waals surface area (Å²) in [6, 6.07) is 25.8. The molecule has 6 rings (SSSR count). The van der Waals surface area contributed by atoms with Crippen LogP contribution in [0.15, 0.2) is 83.9 Å². The van der Waals surface area contributed by atoms with Gasteiger partial charge in [0, 0.05) is 59.0 Å². The summed E-state index contributed by atoms with van der Waals surface area (Å²) in [5.41, 5.74) is 6.31. The molecule has 0 radical (unpaired) electrons. The number of nitrogens with one attached hydrogen (secondary N) is 1. The molecule has 0 spiro atoms. The van der Waals surface area contributed by atoms with Gasteiger partial charge in [-0.05, 0) is 47.9 Å². The molecule has 1 aromatic heterocycles. The normalized spacial score (nSPS) is 16.5. The molecule has 2 aliphatic rings. The first kappa shape index (κ1) is 23.7. The van der Waals surface area contributed by atoms with E-state index in [1.807, 2.05) is 37.9 Å². The summed E-state index contributed by atoms with van der Waals surface area (Å²) < 4.78 is 6.29. The van der Waals surface area contributed by atoms with Crippen LogP contribution in [-0.4, -0.2) is 29.7 Å². The quantitative estimate of drug-likeness (QED) is 0.291. The minimum absolute atomic E-state index is 0.568. The fourth-order valence-electron chi connectivity index (χ4n) is 4.97. The Labute approximate surface area is 212 Å². The van der Waals surface area contributed by atoms with E-state index in [0.717, 1.165) is 43.1 Å². The number of benzene rings is 3. The number of para-hydroxylation sites is 1. The zero-order chi connectivity index (χ0) is 24.0. The highest BCUT2D eigenvalue weighted by Crippen LogP contribution is 2.38. The van der Waals surface area contributed by atoms with Gasteiger partial charge in [0.25, 0.3) is 0 Å². The van der Waals surface area contributed by atoms with Gasteiger partial charge in [-0.2, -0.15) is 0 Å². The summed E-state index contributed by atoms with van der Waals surface area (Å²) >= 11 is 1.87. The van der Waals surface area contributed by atoms with Crippen LogP contribution >= 0.6 is 11.8 Å². The van der Waals surface area contributed by atoms with Crippen LogP contribution in [0.1, 0.15) is 42.9 Å². The monoisotopic (exact) mass is 483 g/mol. The molecule has 1 unspecified atom stereocenters. The second-order valence-electron chi connectivity index (χ2n) is 8.80. The average Bonchev–Trinajstić information content (AvgIpc) is 3.35. The molecule has 35 heavy (non-hydrogen) atoms. The molecule has 0 fully saturated rings. The summed E-state index contributed by atoms with van der Waals surface area (Å²) in [5.74, 6) is 2.45. The van der Waals surface area contributed by atoms with E-state index in [4.69, 9.17) is 9.72 Å². The van der Waals surface area contributed by atoms with Gasteiger partial charge in [0.05, 0.1) is 0 Å². The molecular weight excluding hydrogens is 450 g/mol. The third-order valence-corrected chi connectivity index (χ3v) is 7.73. The van der Waals surface area contributed by atoms with Crippen LogP contribution in [0.4, 0.5) is 5.69 Å². The van der Waals surface area contributed by atoms with Crippen molar-refractivity contribution in [2.75, 3.05) is 25.1 Å². The third-order valence-electron chi connectivity index (χ3n) is 6.67. The maximum atomic E-state index is 6.29. The fourth-order valence-corrected chi connectivity index (χ4v) is 5.88. The number of pyridine rings is 1. The van der Waals surface area contributed by atoms with Gasteiger partial charge in [0.2, 0.25) is 0 Å². The van der Waals surface area contributed by atoms with Crippen molar-refractivity contribution in [2.45, 2.75) is 43.4 Å². The Balaban J connectivity index is 0.00000124. The van der Waals surface area contributed by atoms with Crippen LogP contribution in [0.3, 0.4) is 0 Å². The molecule has 0 saturated heterocycles. The van der Waals surface area contributed by atoms with Crippen LogP contribution in [0.2, 0.25) is 0 Å². The van der Waals surface area contributed by atoms with E-state index in [0.29, 0.717) is 12.6 Å². The number of ether oxygens (including phenoxy) is 1. The van der Waals surface area contributed by atoms with Gasteiger partial charge in [-0.3, -0.25) is 9.88 Å². The molecule has 0 aliphatic carbocycles. The maximum Gasteiger partial charge on any atom is 0.152 e. The highest BCUT2D eigenvalue weighted by molar-refractivity contribution is 7.98. The highest BCUT2D eigenvalue weighted by atomic mass is 32.2. The van der Waals surface area contributed by atoms with Gasteiger partial charge in [-0.15, -0.1) is 11.8 Å². The van der Waals surface area contributed by atoms with Crippen LogP contribution in [0.25, 0.3) is 10.9 Å². The van der Waals surface area contributed by atoms with Crippen molar-refractivity contribution in [3.63, 3.8) is 0 Å². The molecule has 2 aliphatic heterocycles. The molecule has 4 aromatic rings. The fraction of sp³-hybridized carbons (Fsp3) is 0.300. The minimum atomic E-state index is 0.568. The topological polar surface area (TPSA) is 37.4 Å². The number of rotatable bonds is 6. The number of fused-ring (bicyclic) bond motifs is 4. The Kier molecular flexibility index (Phi) is 7.55. The first-order chi connectivity index (χ1) is 17.3. The van der Waals surface area contributed by atoms with E-state index in [1.54, 1.807) is 0 Å². The summed E-state index contributed by atoms with van der Waals surface area (Å²) in [6.07, 6.45) is 3.00. The van der Waals surface area contributed by atoms with Gasteiger partial charge in [-0.1, -0.05) is 56.3 Å². The molecule has 4 nitrogen and oxygen atoms in total. The molecule has 1 atom stereocenters. The second-order valence-corrected chi connectivity index (χ2v) is 9.85. The van der Waals surface area contributed by atoms with Crippen LogP contribution in [0.5, 0.6) is 5.75 Å². The Morgan fingerprint density at radius 3 is 2.74 bits per heavy atom. The van der Waals surface area contributed by atoms with E-state index in [9.17, 15) is 0 Å². The lowest BCUT2D eigenvalue weighted by atomic mass is 9.97. The molecular formula is C30H33N3OS. The van der Waals surface area contributed by atoms with Crippen LogP contribution in [0, 0.1) is 0 Å². The van der Waals surface area contributed by atoms with E-state index >= 15 is 0 Å². The zero-order valence-corrected chi connectivity index (χ0v) is 21.4. The Bertz CT molecular complexity index is 1280. The van der Waals surface area contributed by atoms with Gasteiger partial charge in [-0.25, -0.2) is 0 Å². The summed E-state index contributed by atoms with van der Waals surface area (Å²) in [4.78, 5) is 8.42. The Morgan fingerprint density at radius 1 is 1.03 bits per heavy atom. The number of anilines is 1. The van der Waals surface area contributed by atoms with E-state index in [-0.39, 0.29) is 0 Å². The average molecular weight is 484 g/mol. The van der Waals surface area contributed by atoms with Crippen molar-refractivity contribution in [3.05, 3.63) is 95.7 Å². The summed E-state index contributed by atoms with van der Waals surface area (Å²) in [6.45, 7) is 7.58. The molecule has 0 bridgehead atoms. The number of hydrogen-bond acceptors (Lipinski definition) is 5. The third kappa shape index (κ3) is 5.16. The number of thioether (sulfide) groups is 1. The van der Waals surface area contributed by atoms with Crippen molar-refractivity contribution in [3.8, 4) is 5.75 Å². The molecule has 0 amide bonds. The van der Waals surface area contributed by atoms with Crippen LogP contribution in [-0.2, 0) is 12.3 Å². The van der Waals surface area contributed by atoms with Gasteiger partial charge < -0.3 is 10.1 Å². The van der Waals surface area contributed by atoms with Crippen molar-refractivity contribution >= 4 is 28.4 Å². The van der Waals surface area contributed by atoms with Gasteiger partial charge >= 0.3 is 0 Å². The molecule has 3 heterocycles. The standard InChI is InChI=1S/C28H27N3OS.C2H6/c1-2-7-23(8-3-1)33-18-22-15-21-17-31(19-32-28(21)27-25(22)10-6-13-29-27)14-12-20-16-30-26-11-5-4-9-24(20)26;1-2/h1-11,13,15,20,30H,12,14,16-19H2;1-2H3. The molecule has 180 valence electrons. The number of hydrogen-bond donors (Lipinski definition) is 1. The first-order valence-corrected chi connectivity index (χ1v) is 13.6. The SMILES string of the molecule is CC.c1ccc(SCc2cc3c(c4ncccc24)OCN(CCC2CNc4ccccc42)C3)cc1. The van der Waals surface area contributed by atoms with E-state index in [2.05, 4.69) is 76.9 Å². The molecule has 0 saturated carbocycles. The van der Waals surface area contributed by atoms with E-state index < -0.39 is 0 Å². The van der Waals surface area contributed by atoms with Gasteiger partial charge in [0.15, 0.2) is 5.75 Å². The number of aromatic nitrogens is 1. The molecule has 1 N–H and O–H groups in total. The second kappa shape index (κ2) is 11.1. The van der Waals surface area contributed by atoms with Crippen LogP contribution < -0.4 is 10.1 Å². The Morgan fingerprint density at radius 2 is 1.86 bits per heavy atom. The van der Waals surface area contributed by atoms with E-state index in [1.165, 1.54) is 32.7 Å². The van der Waals surface area contributed by atoms with Crippen molar-refractivity contribution in [2.24, 2.45) is 0 Å². The van der Waals surface area contributed by atoms with Crippen molar-refractivity contribution in [1.82, 2.24) is 9.88 Å². The minimum Gasteiger partial charge on any atom is -0.475 e. The van der Waals surface area contributed by atoms with Crippen molar-refractivity contribution in [1.29, 1.82) is 0 Å². The van der Waals surface area contributed by atoms with Crippen molar-refractivity contribution < 1.29 is 4.74 Å². The number of nitrogens with zero attached hydrogens (tertiary/aromatic N) is 2. The smallest absolute Gasteiger partial charge is 0.152 e. The lowest BCUT2D eigenvalue weighted by Crippen LogP contribution is -2.33. The summed E-state index contributed by atoms with van der Waals surface area (Å²) in [5, 5.41) is 4.74. The zero-order valence-electron chi connectivity index (χ0n) is 20.5. The van der Waals surface area contributed by atoms with Gasteiger partial charge in [0.1, 0.15) is 12.2 Å². The Hall–Kier alpha value is -3.02. The largest absolute Gasteiger partial charge is 0.475 e. The predicted octanol–water partition coefficient (Wildman–Crippen LogP) is 7.30. The highest BCUT2D eigenvalue weighted by Gasteiger charge is 2.25. The predicted molar refractivity (Wildman–Crippen MR) is 147 cm³/mol. The first-order valence-electron chi connectivity index (χ1n) is 12.6. The molecule has 3 aromatic carbocycles. The lowest BCUT2D eigenvalue weighted by Gasteiger charge is -2.30. The maximum absolute atomic E-state index is 6.29. The lowest BCUT2D eigenvalue weighted by molar-refractivity contribution is 0.0941. The summed E-state index contributed by atoms with van der Waals surface area (Å²) in [7, 11) is 0.